The Bertz CT molecular complexity index is 557. The quantitative estimate of drug-likeness (QED) is 0.362. The van der Waals surface area contributed by atoms with Crippen molar-refractivity contribution >= 4 is 23.7 Å². The molecule has 0 spiro atoms. The number of esters is 1. The van der Waals surface area contributed by atoms with Crippen LogP contribution in [-0.2, 0) is 23.9 Å². The smallest absolute Gasteiger partial charge is 0.328 e. The molecule has 0 fully saturated rings. The molecule has 0 heterocycles. The second kappa shape index (κ2) is 11.6. The monoisotopic (exact) mass is 400 g/mol. The molecule has 0 aliphatic heterocycles. The number of hydrogen-bond acceptors (Lipinski definition) is 6. The highest BCUT2D eigenvalue weighted by atomic mass is 16.5. The average molecular weight is 401 g/mol. The standard InChI is InChI=1S/C19H36N4O5/c1-8-12(4)15(23-14(24)10-21-18(27)19(5,6)20)16(25)22-13(9-11(2)3)17(26)28-7/h11-13,15H,8-10,20H2,1-7H3,(H,21,27)(H,22,25)(H,23,24)/t12-,13-,15-/m0/s1. The Balaban J connectivity index is 5.09. The zero-order chi connectivity index (χ0) is 22.1. The van der Waals surface area contributed by atoms with Gasteiger partial charge in [0.25, 0.3) is 0 Å². The normalized spacial score (nSPS) is 14.6. The molecule has 3 atom stereocenters. The fraction of sp³-hybridized carbons (Fsp3) is 0.789. The molecule has 0 aromatic carbocycles. The third-order valence-corrected chi connectivity index (χ3v) is 4.32. The molecule has 0 aromatic rings. The average Bonchev–Trinajstić information content (AvgIpc) is 2.60. The van der Waals surface area contributed by atoms with Crippen LogP contribution in [0.1, 0.15) is 54.4 Å². The number of carbonyl (C=O) groups excluding carboxylic acids is 4. The van der Waals surface area contributed by atoms with Crippen LogP contribution >= 0.6 is 0 Å². The molecule has 5 N–H and O–H groups in total. The Labute approximate surface area is 167 Å². The highest BCUT2D eigenvalue weighted by Gasteiger charge is 2.31. The van der Waals surface area contributed by atoms with Crippen LogP contribution in [0.5, 0.6) is 0 Å². The molecule has 28 heavy (non-hydrogen) atoms. The van der Waals surface area contributed by atoms with E-state index in [1.54, 1.807) is 0 Å². The fourth-order valence-corrected chi connectivity index (χ4v) is 2.40. The van der Waals surface area contributed by atoms with Crippen molar-refractivity contribution in [3.8, 4) is 0 Å². The molecule has 162 valence electrons. The zero-order valence-corrected chi connectivity index (χ0v) is 18.0. The molecule has 9 heteroatoms. The van der Waals surface area contributed by atoms with Crippen LogP contribution in [-0.4, -0.2) is 55.0 Å². The largest absolute Gasteiger partial charge is 0.467 e. The molecule has 0 saturated heterocycles. The van der Waals surface area contributed by atoms with Crippen molar-refractivity contribution in [1.29, 1.82) is 0 Å². The van der Waals surface area contributed by atoms with Crippen LogP contribution in [0, 0.1) is 11.8 Å². The van der Waals surface area contributed by atoms with Crippen molar-refractivity contribution in [2.45, 2.75) is 72.0 Å². The summed E-state index contributed by atoms with van der Waals surface area (Å²) in [6.45, 7) is 10.3. The SMILES string of the molecule is CC[C@H](C)[C@H](NC(=O)CNC(=O)C(C)(C)N)C(=O)N[C@@H](CC(C)C)C(=O)OC. The lowest BCUT2D eigenvalue weighted by Crippen LogP contribution is -2.56. The summed E-state index contributed by atoms with van der Waals surface area (Å²) in [5.74, 6) is -2.01. The van der Waals surface area contributed by atoms with Crippen LogP contribution in [0.15, 0.2) is 0 Å². The third-order valence-electron chi connectivity index (χ3n) is 4.32. The highest BCUT2D eigenvalue weighted by Crippen LogP contribution is 2.11. The molecule has 0 bridgehead atoms. The number of nitrogens with two attached hydrogens (primary N) is 1. The maximum atomic E-state index is 12.7. The van der Waals surface area contributed by atoms with Crippen molar-refractivity contribution in [3.63, 3.8) is 0 Å². The van der Waals surface area contributed by atoms with Crippen molar-refractivity contribution < 1.29 is 23.9 Å². The number of methoxy groups -OCH3 is 1. The Morgan fingerprint density at radius 1 is 1.07 bits per heavy atom. The predicted octanol–water partition coefficient (Wildman–Crippen LogP) is 0.0747. The molecular weight excluding hydrogens is 364 g/mol. The van der Waals surface area contributed by atoms with E-state index >= 15 is 0 Å². The van der Waals surface area contributed by atoms with Crippen LogP contribution in [0.3, 0.4) is 0 Å². The van der Waals surface area contributed by atoms with Gasteiger partial charge in [-0.3, -0.25) is 14.4 Å². The van der Waals surface area contributed by atoms with Gasteiger partial charge >= 0.3 is 5.97 Å². The topological polar surface area (TPSA) is 140 Å². The Morgan fingerprint density at radius 3 is 2.07 bits per heavy atom. The minimum Gasteiger partial charge on any atom is -0.467 e. The van der Waals surface area contributed by atoms with E-state index in [2.05, 4.69) is 16.0 Å². The van der Waals surface area contributed by atoms with Gasteiger partial charge in [0.05, 0.1) is 19.2 Å². The van der Waals surface area contributed by atoms with E-state index in [0.29, 0.717) is 12.8 Å². The Morgan fingerprint density at radius 2 is 1.64 bits per heavy atom. The van der Waals surface area contributed by atoms with Crippen LogP contribution in [0.2, 0.25) is 0 Å². The van der Waals surface area contributed by atoms with Gasteiger partial charge in [-0.15, -0.1) is 0 Å². The van der Waals surface area contributed by atoms with Crippen molar-refractivity contribution in [2.24, 2.45) is 17.6 Å². The summed E-state index contributed by atoms with van der Waals surface area (Å²) in [7, 11) is 1.26. The number of nitrogens with one attached hydrogen (secondary N) is 3. The van der Waals surface area contributed by atoms with E-state index in [1.165, 1.54) is 21.0 Å². The number of hydrogen-bond donors (Lipinski definition) is 4. The van der Waals surface area contributed by atoms with Crippen molar-refractivity contribution in [1.82, 2.24) is 16.0 Å². The van der Waals surface area contributed by atoms with E-state index in [-0.39, 0.29) is 18.4 Å². The second-order valence-electron chi connectivity index (χ2n) is 8.05. The Kier molecular flexibility index (Phi) is 10.7. The zero-order valence-electron chi connectivity index (χ0n) is 18.0. The van der Waals surface area contributed by atoms with Gasteiger partial charge in [-0.2, -0.15) is 0 Å². The summed E-state index contributed by atoms with van der Waals surface area (Å²) in [6.07, 6.45) is 1.05. The second-order valence-corrected chi connectivity index (χ2v) is 8.05. The van der Waals surface area contributed by atoms with E-state index in [0.717, 1.165) is 0 Å². The number of ether oxygens (including phenoxy) is 1. The van der Waals surface area contributed by atoms with E-state index in [9.17, 15) is 19.2 Å². The number of rotatable bonds is 11. The minimum atomic E-state index is -1.11. The molecule has 0 saturated carbocycles. The van der Waals surface area contributed by atoms with Crippen molar-refractivity contribution in [2.75, 3.05) is 13.7 Å². The molecule has 0 aromatic heterocycles. The molecule has 0 radical (unpaired) electrons. The molecular formula is C19H36N4O5. The van der Waals surface area contributed by atoms with E-state index < -0.39 is 41.3 Å². The van der Waals surface area contributed by atoms with Gasteiger partial charge in [-0.1, -0.05) is 34.1 Å². The van der Waals surface area contributed by atoms with Crippen molar-refractivity contribution in [3.05, 3.63) is 0 Å². The maximum Gasteiger partial charge on any atom is 0.328 e. The van der Waals surface area contributed by atoms with Crippen LogP contribution < -0.4 is 21.7 Å². The molecule has 9 nitrogen and oxygen atoms in total. The van der Waals surface area contributed by atoms with Gasteiger partial charge in [0.15, 0.2) is 0 Å². The van der Waals surface area contributed by atoms with E-state index in [4.69, 9.17) is 10.5 Å². The van der Waals surface area contributed by atoms with E-state index in [1.807, 2.05) is 27.7 Å². The molecule has 0 unspecified atom stereocenters. The van der Waals surface area contributed by atoms with Gasteiger partial charge in [0.1, 0.15) is 12.1 Å². The minimum absolute atomic E-state index is 0.163. The predicted molar refractivity (Wildman–Crippen MR) is 106 cm³/mol. The highest BCUT2D eigenvalue weighted by molar-refractivity contribution is 5.93. The fourth-order valence-electron chi connectivity index (χ4n) is 2.40. The number of carbonyl (C=O) groups is 4. The van der Waals surface area contributed by atoms with Gasteiger partial charge < -0.3 is 26.4 Å². The lowest BCUT2D eigenvalue weighted by atomic mass is 9.97. The van der Waals surface area contributed by atoms with Gasteiger partial charge in [0, 0.05) is 0 Å². The summed E-state index contributed by atoms with van der Waals surface area (Å²) in [5, 5.41) is 7.74. The van der Waals surface area contributed by atoms with Crippen LogP contribution in [0.4, 0.5) is 0 Å². The van der Waals surface area contributed by atoms with Gasteiger partial charge in [0.2, 0.25) is 17.7 Å². The Hall–Kier alpha value is -2.16. The molecule has 3 amide bonds. The maximum absolute atomic E-state index is 12.7. The summed E-state index contributed by atoms with van der Waals surface area (Å²) in [6, 6.07) is -1.64. The third kappa shape index (κ3) is 9.16. The van der Waals surface area contributed by atoms with Crippen LogP contribution in [0.25, 0.3) is 0 Å². The summed E-state index contributed by atoms with van der Waals surface area (Å²) >= 11 is 0. The van der Waals surface area contributed by atoms with Gasteiger partial charge in [-0.05, 0) is 32.1 Å². The first-order valence-corrected chi connectivity index (χ1v) is 9.58. The molecule has 0 rings (SSSR count). The summed E-state index contributed by atoms with van der Waals surface area (Å²) < 4.78 is 4.76. The first-order valence-electron chi connectivity index (χ1n) is 9.58. The lowest BCUT2D eigenvalue weighted by molar-refractivity contribution is -0.146. The first-order chi connectivity index (χ1) is 12.8. The summed E-state index contributed by atoms with van der Waals surface area (Å²) in [5.41, 5.74) is 4.56. The first kappa shape index (κ1) is 25.8. The lowest BCUT2D eigenvalue weighted by Gasteiger charge is -2.26. The number of amides is 3. The van der Waals surface area contributed by atoms with Gasteiger partial charge in [-0.25, -0.2) is 4.79 Å². The molecule has 0 aliphatic rings. The summed E-state index contributed by atoms with van der Waals surface area (Å²) in [4.78, 5) is 48.7. The molecule has 0 aliphatic carbocycles.